The standard InChI is InChI=1S/C5H10N2O3/c1-4-5(3-8)7(9)10-6(4)2/h7-8H,3H2,1-2H3. The van der Waals surface area contributed by atoms with Crippen molar-refractivity contribution in [3.63, 3.8) is 0 Å². The minimum absolute atomic E-state index is 0.255. The average molecular weight is 146 g/mol. The van der Waals surface area contributed by atoms with Crippen LogP contribution in [0.15, 0.2) is 11.4 Å². The van der Waals surface area contributed by atoms with Crippen molar-refractivity contribution in [1.82, 2.24) is 5.06 Å². The Morgan fingerprint density at radius 2 is 2.40 bits per heavy atom. The predicted molar refractivity (Wildman–Crippen MR) is 33.0 cm³/mol. The number of quaternary nitrogens is 1. The largest absolute Gasteiger partial charge is 0.593 e. The Hall–Kier alpha value is -0.620. The summed E-state index contributed by atoms with van der Waals surface area (Å²) >= 11 is 0. The first kappa shape index (κ1) is 7.49. The van der Waals surface area contributed by atoms with E-state index in [1.165, 1.54) is 5.06 Å². The quantitative estimate of drug-likeness (QED) is 0.437. The molecule has 1 unspecified atom stereocenters. The Morgan fingerprint density at radius 3 is 2.60 bits per heavy atom. The van der Waals surface area contributed by atoms with Gasteiger partial charge >= 0.3 is 0 Å². The average Bonchev–Trinajstić information content (AvgIpc) is 2.09. The Kier molecular flexibility index (Phi) is 1.91. The number of hydrogen-bond acceptors (Lipinski definition) is 4. The zero-order chi connectivity index (χ0) is 7.72. The summed E-state index contributed by atoms with van der Waals surface area (Å²) in [6.07, 6.45) is 0. The van der Waals surface area contributed by atoms with Crippen LogP contribution in [0.4, 0.5) is 0 Å². The van der Waals surface area contributed by atoms with Crippen molar-refractivity contribution in [3.05, 3.63) is 16.6 Å². The molecule has 0 aromatic carbocycles. The highest BCUT2D eigenvalue weighted by molar-refractivity contribution is 5.02. The lowest BCUT2D eigenvalue weighted by molar-refractivity contribution is -1.04. The molecule has 1 aliphatic rings. The van der Waals surface area contributed by atoms with Crippen LogP contribution >= 0.6 is 0 Å². The second-order valence-electron chi connectivity index (χ2n) is 2.10. The zero-order valence-electron chi connectivity index (χ0n) is 5.92. The molecule has 10 heavy (non-hydrogen) atoms. The van der Waals surface area contributed by atoms with Crippen molar-refractivity contribution < 1.29 is 15.3 Å². The highest BCUT2D eigenvalue weighted by Gasteiger charge is 2.24. The van der Waals surface area contributed by atoms with E-state index in [-0.39, 0.29) is 6.61 Å². The van der Waals surface area contributed by atoms with Crippen molar-refractivity contribution in [2.24, 2.45) is 0 Å². The van der Waals surface area contributed by atoms with Crippen molar-refractivity contribution in [2.75, 3.05) is 13.7 Å². The Labute approximate surface area is 58.6 Å². The van der Waals surface area contributed by atoms with Gasteiger partial charge in [0.15, 0.2) is 5.70 Å². The Balaban J connectivity index is 2.79. The van der Waals surface area contributed by atoms with Gasteiger partial charge in [0.25, 0.3) is 0 Å². The molecule has 0 radical (unpaired) electrons. The van der Waals surface area contributed by atoms with Gasteiger partial charge < -0.3 is 10.3 Å². The Morgan fingerprint density at radius 1 is 1.80 bits per heavy atom. The van der Waals surface area contributed by atoms with Crippen LogP contribution in [0.5, 0.6) is 0 Å². The lowest BCUT2D eigenvalue weighted by Gasteiger charge is -2.13. The molecule has 58 valence electrons. The third-order valence-electron chi connectivity index (χ3n) is 1.53. The number of rotatable bonds is 1. The van der Waals surface area contributed by atoms with E-state index >= 15 is 0 Å². The van der Waals surface area contributed by atoms with E-state index in [0.29, 0.717) is 11.4 Å². The number of hydroxylamine groups is 4. The third kappa shape index (κ3) is 0.994. The van der Waals surface area contributed by atoms with Gasteiger partial charge in [-0.05, 0) is 6.92 Å². The molecular weight excluding hydrogens is 136 g/mol. The molecule has 1 aliphatic heterocycles. The minimum Gasteiger partial charge on any atom is -0.593 e. The van der Waals surface area contributed by atoms with Crippen LogP contribution in [-0.2, 0) is 4.94 Å². The first-order chi connectivity index (χ1) is 4.66. The van der Waals surface area contributed by atoms with E-state index in [0.717, 1.165) is 0 Å². The summed E-state index contributed by atoms with van der Waals surface area (Å²) in [5, 5.41) is 20.3. The fourth-order valence-electron chi connectivity index (χ4n) is 0.765. The summed E-state index contributed by atoms with van der Waals surface area (Å²) < 4.78 is 0. The van der Waals surface area contributed by atoms with Crippen LogP contribution in [0.1, 0.15) is 6.92 Å². The second kappa shape index (κ2) is 2.55. The van der Waals surface area contributed by atoms with E-state index in [1.807, 2.05) is 0 Å². The molecule has 2 N–H and O–H groups in total. The van der Waals surface area contributed by atoms with Crippen molar-refractivity contribution >= 4 is 0 Å². The molecule has 0 saturated carbocycles. The third-order valence-corrected chi connectivity index (χ3v) is 1.53. The smallest absolute Gasteiger partial charge is 0.189 e. The van der Waals surface area contributed by atoms with E-state index < -0.39 is 5.23 Å². The first-order valence-electron chi connectivity index (χ1n) is 2.93. The fraction of sp³-hybridized carbons (Fsp3) is 0.600. The van der Waals surface area contributed by atoms with Crippen LogP contribution in [-0.4, -0.2) is 23.8 Å². The van der Waals surface area contributed by atoms with Crippen LogP contribution in [0, 0.1) is 5.21 Å². The van der Waals surface area contributed by atoms with Crippen molar-refractivity contribution in [3.8, 4) is 0 Å². The van der Waals surface area contributed by atoms with E-state index in [1.54, 1.807) is 14.0 Å². The molecule has 0 aromatic heterocycles. The molecule has 0 fully saturated rings. The summed E-state index contributed by atoms with van der Waals surface area (Å²) in [7, 11) is 1.62. The SMILES string of the molecule is CC1=C(CO)[NH+]([O-])ON1C. The van der Waals surface area contributed by atoms with Crippen molar-refractivity contribution in [1.29, 1.82) is 0 Å². The van der Waals surface area contributed by atoms with E-state index in [2.05, 4.69) is 4.94 Å². The molecule has 1 atom stereocenters. The van der Waals surface area contributed by atoms with Gasteiger partial charge in [-0.2, -0.15) is 5.23 Å². The van der Waals surface area contributed by atoms with Gasteiger partial charge in [0.2, 0.25) is 0 Å². The highest BCUT2D eigenvalue weighted by atomic mass is 17.0. The van der Waals surface area contributed by atoms with Gasteiger partial charge in [0.05, 0.1) is 0 Å². The summed E-state index contributed by atoms with van der Waals surface area (Å²) in [6, 6.07) is 0. The van der Waals surface area contributed by atoms with E-state index in [4.69, 9.17) is 5.11 Å². The van der Waals surface area contributed by atoms with Gasteiger partial charge in [-0.3, -0.25) is 0 Å². The molecule has 0 spiro atoms. The highest BCUT2D eigenvalue weighted by Crippen LogP contribution is 2.06. The Bertz CT molecular complexity index is 168. The molecular formula is C5H10N2O3. The summed E-state index contributed by atoms with van der Waals surface area (Å²) in [6.45, 7) is 1.46. The molecule has 1 rings (SSSR count). The van der Waals surface area contributed by atoms with Crippen LogP contribution in [0.3, 0.4) is 0 Å². The number of hydrogen-bond donors (Lipinski definition) is 2. The first-order valence-corrected chi connectivity index (χ1v) is 2.93. The molecule has 0 bridgehead atoms. The summed E-state index contributed by atoms with van der Waals surface area (Å²) in [4.78, 5) is 4.64. The second-order valence-corrected chi connectivity index (χ2v) is 2.10. The van der Waals surface area contributed by atoms with Crippen molar-refractivity contribution in [2.45, 2.75) is 6.92 Å². The normalized spacial score (nSPS) is 26.4. The topological polar surface area (TPSA) is 60.2 Å². The number of nitrogens with zero attached hydrogens (tertiary/aromatic N) is 1. The maximum atomic E-state index is 10.7. The van der Waals surface area contributed by atoms with Gasteiger partial charge in [-0.15, -0.1) is 0 Å². The molecule has 0 amide bonds. The van der Waals surface area contributed by atoms with Crippen LogP contribution < -0.4 is 5.23 Å². The number of aliphatic hydroxyl groups is 1. The molecule has 1 heterocycles. The van der Waals surface area contributed by atoms with E-state index in [9.17, 15) is 5.21 Å². The van der Waals surface area contributed by atoms with Crippen LogP contribution in [0.2, 0.25) is 0 Å². The van der Waals surface area contributed by atoms with Gasteiger partial charge in [-0.1, -0.05) is 4.94 Å². The molecule has 0 aromatic rings. The summed E-state index contributed by atoms with van der Waals surface area (Å²) in [5.74, 6) is 0. The van der Waals surface area contributed by atoms with Crippen LogP contribution in [0.25, 0.3) is 0 Å². The monoisotopic (exact) mass is 146 g/mol. The lowest BCUT2D eigenvalue weighted by atomic mass is 10.4. The number of aliphatic hydroxyl groups excluding tert-OH is 1. The van der Waals surface area contributed by atoms with Gasteiger partial charge in [0.1, 0.15) is 12.3 Å². The molecule has 5 heteroatoms. The maximum Gasteiger partial charge on any atom is 0.189 e. The number of nitrogens with one attached hydrogen (secondary N) is 1. The fourth-order valence-corrected chi connectivity index (χ4v) is 0.765. The number of allylic oxidation sites excluding steroid dienone is 1. The summed E-state index contributed by atoms with van der Waals surface area (Å²) in [5.41, 5.74) is 1.01. The van der Waals surface area contributed by atoms with Gasteiger partial charge in [-0.25, -0.2) is 5.06 Å². The molecule has 5 nitrogen and oxygen atoms in total. The minimum atomic E-state index is -0.456. The zero-order valence-corrected chi connectivity index (χ0v) is 5.92. The molecule has 0 aliphatic carbocycles. The molecule has 0 saturated heterocycles. The lowest BCUT2D eigenvalue weighted by Crippen LogP contribution is -3.03. The predicted octanol–water partition coefficient (Wildman–Crippen LogP) is -1.62. The maximum absolute atomic E-state index is 10.7. The van der Waals surface area contributed by atoms with Gasteiger partial charge in [0, 0.05) is 7.05 Å².